The zero-order valence-corrected chi connectivity index (χ0v) is 7.59. The maximum absolute atomic E-state index is 11.7. The minimum absolute atomic E-state index is 0.598. The molecule has 7 heteroatoms. The van der Waals surface area contributed by atoms with Crippen molar-refractivity contribution in [2.45, 2.75) is 26.1 Å². The molecule has 0 aliphatic rings. The third-order valence-corrected chi connectivity index (χ3v) is 1.35. The molecule has 0 saturated heterocycles. The number of hydrogen-bond acceptors (Lipinski definition) is 3. The molecule has 2 N–H and O–H groups in total. The smallest absolute Gasteiger partial charge is 0.445 e. The van der Waals surface area contributed by atoms with E-state index in [9.17, 15) is 22.8 Å². The van der Waals surface area contributed by atoms with Gasteiger partial charge in [0, 0.05) is 0 Å². The summed E-state index contributed by atoms with van der Waals surface area (Å²) >= 11 is 0. The van der Waals surface area contributed by atoms with Crippen LogP contribution in [0.3, 0.4) is 0 Å². The molecule has 0 rings (SSSR count). The van der Waals surface area contributed by atoms with E-state index in [-0.39, 0.29) is 0 Å². The topological polar surface area (TPSA) is 69.4 Å². The van der Waals surface area contributed by atoms with Crippen LogP contribution in [-0.2, 0) is 14.3 Å². The number of alkyl halides is 3. The van der Waals surface area contributed by atoms with Gasteiger partial charge in [0.1, 0.15) is 0 Å². The highest BCUT2D eigenvalue weighted by Crippen LogP contribution is 2.19. The molecule has 1 atom stereocenters. The molecular formula is C7H10F3NO3. The summed E-state index contributed by atoms with van der Waals surface area (Å²) in [5.74, 6) is -4.11. The van der Waals surface area contributed by atoms with Crippen LogP contribution in [0.1, 0.15) is 13.8 Å². The zero-order chi connectivity index (χ0) is 11.5. The lowest BCUT2D eigenvalue weighted by Crippen LogP contribution is -2.40. The highest BCUT2D eigenvalue weighted by molar-refractivity contribution is 5.84. The number of rotatable bonds is 3. The molecule has 1 amide bonds. The monoisotopic (exact) mass is 213 g/mol. The molecular weight excluding hydrogens is 203 g/mol. The fourth-order valence-electron chi connectivity index (χ4n) is 0.705. The van der Waals surface area contributed by atoms with Gasteiger partial charge in [-0.3, -0.25) is 4.79 Å². The molecule has 0 spiro atoms. The Kier molecular flexibility index (Phi) is 3.91. The van der Waals surface area contributed by atoms with E-state index in [1.54, 1.807) is 0 Å². The third kappa shape index (κ3) is 3.63. The number of carbonyl (C=O) groups is 2. The molecule has 0 aliphatic carbocycles. The first-order chi connectivity index (χ1) is 6.16. The number of ether oxygens (including phenoxy) is 1. The van der Waals surface area contributed by atoms with Gasteiger partial charge in [-0.15, -0.1) is 0 Å². The molecule has 0 fully saturated rings. The minimum Gasteiger partial charge on any atom is -0.445 e. The van der Waals surface area contributed by atoms with E-state index in [0.29, 0.717) is 0 Å². The van der Waals surface area contributed by atoms with Gasteiger partial charge < -0.3 is 10.5 Å². The van der Waals surface area contributed by atoms with E-state index >= 15 is 0 Å². The maximum Gasteiger partial charge on any atom is 0.490 e. The largest absolute Gasteiger partial charge is 0.490 e. The summed E-state index contributed by atoms with van der Waals surface area (Å²) in [6, 6.07) is 0. The minimum atomic E-state index is -5.11. The quantitative estimate of drug-likeness (QED) is 0.698. The molecule has 4 nitrogen and oxygen atoms in total. The number of halogens is 3. The lowest BCUT2D eigenvalue weighted by atomic mass is 10.1. The fourth-order valence-corrected chi connectivity index (χ4v) is 0.705. The van der Waals surface area contributed by atoms with Crippen molar-refractivity contribution >= 4 is 11.9 Å². The van der Waals surface area contributed by atoms with Crippen LogP contribution in [0.25, 0.3) is 0 Å². The van der Waals surface area contributed by atoms with Crippen molar-refractivity contribution in [3.05, 3.63) is 0 Å². The van der Waals surface area contributed by atoms with Crippen LogP contribution in [0.5, 0.6) is 0 Å². The molecule has 0 aromatic rings. The number of nitrogens with two attached hydrogens (primary N) is 1. The van der Waals surface area contributed by atoms with Gasteiger partial charge in [0.05, 0.1) is 0 Å². The second kappa shape index (κ2) is 4.30. The van der Waals surface area contributed by atoms with Crippen LogP contribution in [0.15, 0.2) is 0 Å². The molecule has 0 radical (unpaired) electrons. The summed E-state index contributed by atoms with van der Waals surface area (Å²) in [5, 5.41) is 0. The highest BCUT2D eigenvalue weighted by Gasteiger charge is 2.43. The summed E-state index contributed by atoms with van der Waals surface area (Å²) in [5.41, 5.74) is 4.75. The molecule has 0 aromatic carbocycles. The Morgan fingerprint density at radius 2 is 1.71 bits per heavy atom. The van der Waals surface area contributed by atoms with Crippen LogP contribution in [0, 0.1) is 5.92 Å². The van der Waals surface area contributed by atoms with Crippen molar-refractivity contribution in [3.63, 3.8) is 0 Å². The van der Waals surface area contributed by atoms with E-state index in [0.717, 1.165) is 0 Å². The summed E-state index contributed by atoms with van der Waals surface area (Å²) in [7, 11) is 0. The van der Waals surface area contributed by atoms with Gasteiger partial charge in [-0.25, -0.2) is 4.79 Å². The Morgan fingerprint density at radius 3 is 1.93 bits per heavy atom. The molecule has 0 bridgehead atoms. The van der Waals surface area contributed by atoms with Crippen molar-refractivity contribution in [2.24, 2.45) is 11.7 Å². The summed E-state index contributed by atoms with van der Waals surface area (Å²) in [6.45, 7) is 2.83. The number of hydrogen-bond donors (Lipinski definition) is 1. The van der Waals surface area contributed by atoms with Crippen LogP contribution >= 0.6 is 0 Å². The predicted octanol–water partition coefficient (Wildman–Crippen LogP) is 0.602. The average molecular weight is 213 g/mol. The number of amides is 1. The summed E-state index contributed by atoms with van der Waals surface area (Å²) in [4.78, 5) is 20.9. The van der Waals surface area contributed by atoms with Crippen molar-refractivity contribution in [1.29, 1.82) is 0 Å². The first-order valence-corrected chi connectivity index (χ1v) is 3.73. The maximum atomic E-state index is 11.7. The van der Waals surface area contributed by atoms with Crippen LogP contribution < -0.4 is 5.73 Å². The van der Waals surface area contributed by atoms with Gasteiger partial charge >= 0.3 is 12.1 Å². The van der Waals surface area contributed by atoms with E-state index in [2.05, 4.69) is 4.74 Å². The molecule has 0 aliphatic heterocycles. The Bertz CT molecular complexity index is 237. The highest BCUT2D eigenvalue weighted by atomic mass is 19.4. The first-order valence-electron chi connectivity index (χ1n) is 3.73. The van der Waals surface area contributed by atoms with Crippen molar-refractivity contribution in [1.82, 2.24) is 0 Å². The Labute approximate surface area is 78.2 Å². The number of esters is 1. The summed E-state index contributed by atoms with van der Waals surface area (Å²) < 4.78 is 39.0. The lowest BCUT2D eigenvalue weighted by molar-refractivity contribution is -0.206. The van der Waals surface area contributed by atoms with Gasteiger partial charge in [0.15, 0.2) is 6.10 Å². The fraction of sp³-hybridized carbons (Fsp3) is 0.714. The first kappa shape index (κ1) is 12.7. The van der Waals surface area contributed by atoms with Gasteiger partial charge in [-0.2, -0.15) is 13.2 Å². The Balaban J connectivity index is 4.48. The second-order valence-electron chi connectivity index (χ2n) is 2.97. The van der Waals surface area contributed by atoms with Crippen LogP contribution in [0.2, 0.25) is 0 Å². The normalized spacial score (nSPS) is 13.9. The zero-order valence-electron chi connectivity index (χ0n) is 7.59. The van der Waals surface area contributed by atoms with Crippen molar-refractivity contribution in [2.75, 3.05) is 0 Å². The molecule has 82 valence electrons. The average Bonchev–Trinajstić information content (AvgIpc) is 1.96. The van der Waals surface area contributed by atoms with Crippen molar-refractivity contribution in [3.8, 4) is 0 Å². The Morgan fingerprint density at radius 1 is 1.29 bits per heavy atom. The molecule has 0 saturated carbocycles. The number of carbonyl (C=O) groups excluding carboxylic acids is 2. The van der Waals surface area contributed by atoms with Crippen molar-refractivity contribution < 1.29 is 27.5 Å². The van der Waals surface area contributed by atoms with E-state index in [1.807, 2.05) is 0 Å². The van der Waals surface area contributed by atoms with Crippen LogP contribution in [0.4, 0.5) is 13.2 Å². The molecule has 1 unspecified atom stereocenters. The lowest BCUT2D eigenvalue weighted by Gasteiger charge is -2.18. The van der Waals surface area contributed by atoms with E-state index in [4.69, 9.17) is 5.73 Å². The van der Waals surface area contributed by atoms with Gasteiger partial charge in [-0.1, -0.05) is 13.8 Å². The van der Waals surface area contributed by atoms with Gasteiger partial charge in [0.25, 0.3) is 5.91 Å². The molecule has 0 aromatic heterocycles. The summed E-state index contributed by atoms with van der Waals surface area (Å²) in [6.07, 6.45) is -6.66. The van der Waals surface area contributed by atoms with Gasteiger partial charge in [0.2, 0.25) is 0 Å². The van der Waals surface area contributed by atoms with E-state index < -0.39 is 30.1 Å². The standard InChI is InChI=1S/C7H10F3NO3/c1-3(2)4(5(11)12)14-6(13)7(8,9)10/h3-4H,1-2H3,(H2,11,12). The third-order valence-electron chi connectivity index (χ3n) is 1.35. The molecule has 0 heterocycles. The Hall–Kier alpha value is -1.27. The van der Waals surface area contributed by atoms with E-state index in [1.165, 1.54) is 13.8 Å². The predicted molar refractivity (Wildman–Crippen MR) is 40.0 cm³/mol. The number of primary amides is 1. The van der Waals surface area contributed by atoms with Crippen LogP contribution in [-0.4, -0.2) is 24.2 Å². The van der Waals surface area contributed by atoms with Gasteiger partial charge in [-0.05, 0) is 5.92 Å². The SMILES string of the molecule is CC(C)C(OC(=O)C(F)(F)F)C(N)=O. The second-order valence-corrected chi connectivity index (χ2v) is 2.97. The molecule has 14 heavy (non-hydrogen) atoms.